The zero-order valence-electron chi connectivity index (χ0n) is 11.7. The fraction of sp³-hybridized carbons (Fsp3) is 0.400. The maximum Gasteiger partial charge on any atom is 0.190 e. The second-order valence-electron chi connectivity index (χ2n) is 5.00. The number of hydrogen-bond acceptors (Lipinski definition) is 4. The highest BCUT2D eigenvalue weighted by molar-refractivity contribution is 7.15. The second-order valence-corrected chi connectivity index (χ2v) is 6.04. The molecule has 1 aromatic carbocycles. The minimum absolute atomic E-state index is 0.187. The average molecular weight is 291 g/mol. The van der Waals surface area contributed by atoms with Crippen molar-refractivity contribution in [2.45, 2.75) is 26.3 Å². The lowest BCUT2D eigenvalue weighted by molar-refractivity contribution is 0.606. The zero-order valence-corrected chi connectivity index (χ0v) is 12.5. The molecular formula is C15H18FN3S. The number of benzene rings is 1. The van der Waals surface area contributed by atoms with Gasteiger partial charge in [-0.25, -0.2) is 9.37 Å². The molecule has 5 heteroatoms. The van der Waals surface area contributed by atoms with Gasteiger partial charge in [0.15, 0.2) is 5.13 Å². The molecule has 0 saturated carbocycles. The zero-order chi connectivity index (χ0) is 14.1. The van der Waals surface area contributed by atoms with Crippen molar-refractivity contribution in [3.8, 4) is 0 Å². The normalized spacial score (nSPS) is 15.4. The topological polar surface area (TPSA) is 28.2 Å². The summed E-state index contributed by atoms with van der Waals surface area (Å²) in [6.07, 6.45) is 2.87. The van der Waals surface area contributed by atoms with Crippen LogP contribution >= 0.6 is 11.3 Å². The van der Waals surface area contributed by atoms with Gasteiger partial charge in [0.2, 0.25) is 0 Å². The molecule has 0 radical (unpaired) electrons. The van der Waals surface area contributed by atoms with E-state index in [-0.39, 0.29) is 5.82 Å². The molecule has 2 heterocycles. The Hall–Kier alpha value is -1.46. The number of nitrogens with zero attached hydrogens (tertiary/aromatic N) is 2. The van der Waals surface area contributed by atoms with E-state index >= 15 is 0 Å². The van der Waals surface area contributed by atoms with Gasteiger partial charge in [-0.2, -0.15) is 0 Å². The number of fused-ring (bicyclic) bond motifs is 1. The number of thiazole rings is 1. The highest BCUT2D eigenvalue weighted by Crippen LogP contribution is 2.38. The lowest BCUT2D eigenvalue weighted by Gasteiger charge is -2.15. The van der Waals surface area contributed by atoms with Crippen molar-refractivity contribution in [2.75, 3.05) is 18.0 Å². The Balaban J connectivity index is 1.87. The third-order valence-electron chi connectivity index (χ3n) is 3.62. The van der Waals surface area contributed by atoms with Crippen LogP contribution in [0.1, 0.15) is 30.3 Å². The summed E-state index contributed by atoms with van der Waals surface area (Å²) in [5.41, 5.74) is 2.16. The van der Waals surface area contributed by atoms with E-state index in [0.717, 1.165) is 30.3 Å². The van der Waals surface area contributed by atoms with Crippen LogP contribution in [0.15, 0.2) is 24.4 Å². The Morgan fingerprint density at radius 3 is 3.15 bits per heavy atom. The van der Waals surface area contributed by atoms with Crippen molar-refractivity contribution in [3.63, 3.8) is 0 Å². The van der Waals surface area contributed by atoms with Gasteiger partial charge in [-0.3, -0.25) is 0 Å². The van der Waals surface area contributed by atoms with Crippen molar-refractivity contribution >= 4 is 22.2 Å². The van der Waals surface area contributed by atoms with Crippen molar-refractivity contribution in [2.24, 2.45) is 0 Å². The van der Waals surface area contributed by atoms with Gasteiger partial charge in [0.25, 0.3) is 0 Å². The van der Waals surface area contributed by atoms with Gasteiger partial charge >= 0.3 is 0 Å². The first-order chi connectivity index (χ1) is 9.69. The summed E-state index contributed by atoms with van der Waals surface area (Å²) in [6.45, 7) is 6.05. The summed E-state index contributed by atoms with van der Waals surface area (Å²) in [4.78, 5) is 7.84. The molecule has 1 N–H and O–H groups in total. The summed E-state index contributed by atoms with van der Waals surface area (Å²) < 4.78 is 13.4. The van der Waals surface area contributed by atoms with E-state index in [4.69, 9.17) is 0 Å². The van der Waals surface area contributed by atoms with E-state index in [1.165, 1.54) is 16.5 Å². The summed E-state index contributed by atoms with van der Waals surface area (Å²) in [7, 11) is 0. The fourth-order valence-electron chi connectivity index (χ4n) is 2.56. The standard InChI is InChI=1S/C15H18FN3S/c1-3-17-10(2)14-9-18-15(20-14)19-7-6-11-4-5-12(16)8-13(11)19/h4-5,8-10,17H,3,6-7H2,1-2H3. The monoisotopic (exact) mass is 291 g/mol. The van der Waals surface area contributed by atoms with Crippen molar-refractivity contribution in [3.05, 3.63) is 40.7 Å². The Morgan fingerprint density at radius 2 is 2.35 bits per heavy atom. The maximum atomic E-state index is 13.4. The molecule has 3 rings (SSSR count). The predicted molar refractivity (Wildman–Crippen MR) is 81.3 cm³/mol. The van der Waals surface area contributed by atoms with E-state index in [0.29, 0.717) is 6.04 Å². The van der Waals surface area contributed by atoms with Gasteiger partial charge in [0.1, 0.15) is 5.82 Å². The van der Waals surface area contributed by atoms with Gasteiger partial charge in [0.05, 0.1) is 0 Å². The Kier molecular flexibility index (Phi) is 3.72. The van der Waals surface area contributed by atoms with Crippen LogP contribution in [0, 0.1) is 5.82 Å². The van der Waals surface area contributed by atoms with E-state index in [1.807, 2.05) is 12.3 Å². The van der Waals surface area contributed by atoms with E-state index in [2.05, 4.69) is 29.0 Å². The first-order valence-electron chi connectivity index (χ1n) is 6.94. The molecule has 20 heavy (non-hydrogen) atoms. The Labute approximate surface area is 122 Å². The van der Waals surface area contributed by atoms with Gasteiger partial charge in [-0.1, -0.05) is 24.3 Å². The van der Waals surface area contributed by atoms with Gasteiger partial charge < -0.3 is 10.2 Å². The molecule has 1 atom stereocenters. The summed E-state index contributed by atoms with van der Waals surface area (Å²) in [6, 6.07) is 5.32. The number of anilines is 2. The van der Waals surface area contributed by atoms with Crippen LogP contribution in [-0.4, -0.2) is 18.1 Å². The molecule has 0 bridgehead atoms. The van der Waals surface area contributed by atoms with Crippen molar-refractivity contribution < 1.29 is 4.39 Å². The number of aromatic nitrogens is 1. The lowest BCUT2D eigenvalue weighted by atomic mass is 10.2. The van der Waals surface area contributed by atoms with Gasteiger partial charge in [-0.15, -0.1) is 0 Å². The molecule has 0 saturated heterocycles. The highest BCUT2D eigenvalue weighted by atomic mass is 32.1. The second kappa shape index (κ2) is 5.50. The highest BCUT2D eigenvalue weighted by Gasteiger charge is 2.23. The lowest BCUT2D eigenvalue weighted by Crippen LogP contribution is -2.16. The molecule has 0 aliphatic carbocycles. The third-order valence-corrected chi connectivity index (χ3v) is 4.83. The molecule has 2 aromatic rings. The molecule has 1 aliphatic heterocycles. The van der Waals surface area contributed by atoms with Crippen molar-refractivity contribution in [1.29, 1.82) is 0 Å². The first-order valence-corrected chi connectivity index (χ1v) is 7.75. The van der Waals surface area contributed by atoms with Crippen LogP contribution in [0.25, 0.3) is 0 Å². The van der Waals surface area contributed by atoms with E-state index in [1.54, 1.807) is 17.4 Å². The van der Waals surface area contributed by atoms with Crippen LogP contribution in [0.2, 0.25) is 0 Å². The number of rotatable bonds is 4. The Morgan fingerprint density at radius 1 is 1.50 bits per heavy atom. The predicted octanol–water partition coefficient (Wildman–Crippen LogP) is 3.65. The SMILES string of the molecule is CCNC(C)c1cnc(N2CCc3ccc(F)cc32)s1. The number of nitrogens with one attached hydrogen (secondary N) is 1. The molecule has 0 fully saturated rings. The van der Waals surface area contributed by atoms with E-state index < -0.39 is 0 Å². The minimum Gasteiger partial charge on any atom is -0.317 e. The summed E-state index contributed by atoms with van der Waals surface area (Å²) in [5, 5.41) is 4.34. The molecule has 1 unspecified atom stereocenters. The Bertz CT molecular complexity index is 611. The molecular weight excluding hydrogens is 273 g/mol. The molecule has 1 aliphatic rings. The van der Waals surface area contributed by atoms with Crippen LogP contribution in [0.4, 0.5) is 15.2 Å². The molecule has 1 aromatic heterocycles. The van der Waals surface area contributed by atoms with Crippen LogP contribution in [0.5, 0.6) is 0 Å². The molecule has 0 amide bonds. The minimum atomic E-state index is -0.187. The van der Waals surface area contributed by atoms with Crippen LogP contribution in [0.3, 0.4) is 0 Å². The summed E-state index contributed by atoms with van der Waals surface area (Å²) >= 11 is 1.68. The first kappa shape index (κ1) is 13.5. The molecule has 106 valence electrons. The summed E-state index contributed by atoms with van der Waals surface area (Å²) in [5.74, 6) is -0.187. The maximum absolute atomic E-state index is 13.4. The largest absolute Gasteiger partial charge is 0.317 e. The van der Waals surface area contributed by atoms with Gasteiger partial charge in [0, 0.05) is 29.3 Å². The van der Waals surface area contributed by atoms with E-state index in [9.17, 15) is 4.39 Å². The number of halogens is 1. The molecule has 3 nitrogen and oxygen atoms in total. The van der Waals surface area contributed by atoms with Crippen LogP contribution in [-0.2, 0) is 6.42 Å². The average Bonchev–Trinajstić information content (AvgIpc) is 3.04. The number of hydrogen-bond donors (Lipinski definition) is 1. The fourth-order valence-corrected chi connectivity index (χ4v) is 3.54. The quantitative estimate of drug-likeness (QED) is 0.932. The third kappa shape index (κ3) is 2.43. The smallest absolute Gasteiger partial charge is 0.190 e. The molecule has 0 spiro atoms. The van der Waals surface area contributed by atoms with Crippen LogP contribution < -0.4 is 10.2 Å². The van der Waals surface area contributed by atoms with Gasteiger partial charge in [-0.05, 0) is 37.6 Å². The van der Waals surface area contributed by atoms with Crippen molar-refractivity contribution in [1.82, 2.24) is 10.3 Å².